The van der Waals surface area contributed by atoms with E-state index in [2.05, 4.69) is 25.2 Å². The summed E-state index contributed by atoms with van der Waals surface area (Å²) in [6.45, 7) is 0.413. The van der Waals surface area contributed by atoms with Gasteiger partial charge in [-0.1, -0.05) is 65.8 Å². The van der Waals surface area contributed by atoms with Crippen LogP contribution in [0.2, 0.25) is 5.15 Å². The number of halogens is 1. The Bertz CT molecular complexity index is 1850. The van der Waals surface area contributed by atoms with E-state index in [1.807, 2.05) is 36.4 Å². The molecule has 0 aliphatic heterocycles. The van der Waals surface area contributed by atoms with Gasteiger partial charge >= 0.3 is 0 Å². The first-order valence-electron chi connectivity index (χ1n) is 12.4. The van der Waals surface area contributed by atoms with Gasteiger partial charge in [0.2, 0.25) is 5.91 Å². The van der Waals surface area contributed by atoms with E-state index in [0.29, 0.717) is 34.7 Å². The van der Waals surface area contributed by atoms with E-state index < -0.39 is 10.0 Å². The summed E-state index contributed by atoms with van der Waals surface area (Å²) in [5.41, 5.74) is 1.90. The second-order valence-corrected chi connectivity index (χ2v) is 11.8. The van der Waals surface area contributed by atoms with Crippen molar-refractivity contribution < 1.29 is 13.2 Å². The van der Waals surface area contributed by atoms with Crippen LogP contribution in [0.15, 0.2) is 106 Å². The lowest BCUT2D eigenvalue weighted by Gasteiger charge is -2.13. The van der Waals surface area contributed by atoms with Crippen molar-refractivity contribution in [3.63, 3.8) is 0 Å². The molecule has 2 N–H and O–H groups in total. The van der Waals surface area contributed by atoms with Gasteiger partial charge in [-0.05, 0) is 60.5 Å². The molecule has 0 bridgehead atoms. The summed E-state index contributed by atoms with van der Waals surface area (Å²) in [5, 5.41) is 11.1. The smallest absolute Gasteiger partial charge is 0.263 e. The molecule has 0 aliphatic rings. The fourth-order valence-electron chi connectivity index (χ4n) is 3.95. The predicted molar refractivity (Wildman–Crippen MR) is 160 cm³/mol. The molecule has 2 aromatic heterocycles. The standard InChI is InChI=1S/C28H23ClN6O4S2/c29-24-14-15-25(33-32-24)34-41(38,39)21-12-10-20(11-13-21)30-26(36)18-40-28-31-23-9-5-4-8-22(23)27(37)35(28)17-16-19-6-2-1-3-7-19/h1-15H,16-18H2,(H,30,36)(H,33,34). The highest BCUT2D eigenvalue weighted by Crippen LogP contribution is 2.21. The number of carbonyl (C=O) groups excluding carboxylic acids is 1. The summed E-state index contributed by atoms with van der Waals surface area (Å²) in [7, 11) is -3.92. The number of hydrogen-bond acceptors (Lipinski definition) is 8. The number of amides is 1. The van der Waals surface area contributed by atoms with Crippen molar-refractivity contribution in [2.75, 3.05) is 15.8 Å². The van der Waals surface area contributed by atoms with Crippen molar-refractivity contribution in [2.45, 2.75) is 23.0 Å². The number of sulfonamides is 1. The van der Waals surface area contributed by atoms with E-state index >= 15 is 0 Å². The Kier molecular flexibility index (Phi) is 8.62. The van der Waals surface area contributed by atoms with Crippen LogP contribution in [0.4, 0.5) is 11.5 Å². The summed E-state index contributed by atoms with van der Waals surface area (Å²) in [6, 6.07) is 25.4. The molecule has 0 spiro atoms. The van der Waals surface area contributed by atoms with E-state index in [1.165, 1.54) is 36.4 Å². The molecular weight excluding hydrogens is 584 g/mol. The van der Waals surface area contributed by atoms with E-state index in [4.69, 9.17) is 11.6 Å². The van der Waals surface area contributed by atoms with Crippen LogP contribution in [0.3, 0.4) is 0 Å². The molecule has 0 atom stereocenters. The monoisotopic (exact) mass is 606 g/mol. The zero-order valence-corrected chi connectivity index (χ0v) is 23.8. The highest BCUT2D eigenvalue weighted by molar-refractivity contribution is 7.99. The minimum absolute atomic E-state index is 0.00699. The number of fused-ring (bicyclic) bond motifs is 1. The number of aryl methyl sites for hydroxylation is 1. The van der Waals surface area contributed by atoms with Gasteiger partial charge in [0.15, 0.2) is 16.1 Å². The zero-order chi connectivity index (χ0) is 28.8. The SMILES string of the molecule is O=C(CSc1nc2ccccc2c(=O)n1CCc1ccccc1)Nc1ccc(S(=O)(=O)Nc2ccc(Cl)nn2)cc1. The van der Waals surface area contributed by atoms with Crippen LogP contribution in [0.1, 0.15) is 5.56 Å². The van der Waals surface area contributed by atoms with Crippen molar-refractivity contribution in [1.82, 2.24) is 19.7 Å². The number of carbonyl (C=O) groups is 1. The van der Waals surface area contributed by atoms with Crippen LogP contribution in [0, 0.1) is 0 Å². The number of nitrogens with one attached hydrogen (secondary N) is 2. The molecule has 208 valence electrons. The maximum absolute atomic E-state index is 13.3. The van der Waals surface area contributed by atoms with Crippen molar-refractivity contribution in [3.8, 4) is 0 Å². The van der Waals surface area contributed by atoms with Crippen molar-refractivity contribution >= 4 is 61.7 Å². The first-order valence-corrected chi connectivity index (χ1v) is 15.2. The normalized spacial score (nSPS) is 11.3. The van der Waals surface area contributed by atoms with Crippen LogP contribution < -0.4 is 15.6 Å². The topological polar surface area (TPSA) is 136 Å². The van der Waals surface area contributed by atoms with Crippen molar-refractivity contribution in [1.29, 1.82) is 0 Å². The molecular formula is C28H23ClN6O4S2. The largest absolute Gasteiger partial charge is 0.325 e. The number of nitrogens with zero attached hydrogens (tertiary/aromatic N) is 4. The molecule has 1 amide bonds. The van der Waals surface area contributed by atoms with Gasteiger partial charge in [0.25, 0.3) is 15.6 Å². The van der Waals surface area contributed by atoms with Crippen LogP contribution in [0.25, 0.3) is 10.9 Å². The molecule has 0 saturated heterocycles. The molecule has 10 nitrogen and oxygen atoms in total. The fourth-order valence-corrected chi connectivity index (χ4v) is 5.87. The molecule has 0 aliphatic carbocycles. The Hall–Kier alpha value is -4.26. The Balaban J connectivity index is 1.26. The van der Waals surface area contributed by atoms with Crippen molar-refractivity contribution in [2.24, 2.45) is 0 Å². The Morgan fingerprint density at radius 1 is 0.902 bits per heavy atom. The Labute approximate surface area is 244 Å². The quantitative estimate of drug-likeness (QED) is 0.174. The third-order valence-corrected chi connectivity index (χ3v) is 8.49. The maximum atomic E-state index is 13.3. The van der Waals surface area contributed by atoms with Gasteiger partial charge in [0, 0.05) is 12.2 Å². The lowest BCUT2D eigenvalue weighted by atomic mass is 10.1. The predicted octanol–water partition coefficient (Wildman–Crippen LogP) is 4.61. The number of rotatable bonds is 10. The zero-order valence-electron chi connectivity index (χ0n) is 21.4. The van der Waals surface area contributed by atoms with Gasteiger partial charge < -0.3 is 5.32 Å². The summed E-state index contributed by atoms with van der Waals surface area (Å²) in [5.74, 6) is -0.321. The highest BCUT2D eigenvalue weighted by atomic mass is 35.5. The van der Waals surface area contributed by atoms with E-state index in [1.54, 1.807) is 22.8 Å². The maximum Gasteiger partial charge on any atom is 0.263 e. The molecule has 5 rings (SSSR count). The molecule has 3 aromatic carbocycles. The average Bonchev–Trinajstić information content (AvgIpc) is 2.98. The fraction of sp³-hybridized carbons (Fsp3) is 0.107. The lowest BCUT2D eigenvalue weighted by Crippen LogP contribution is -2.25. The highest BCUT2D eigenvalue weighted by Gasteiger charge is 2.17. The van der Waals surface area contributed by atoms with E-state index in [-0.39, 0.29) is 33.1 Å². The molecule has 0 saturated carbocycles. The number of para-hydroxylation sites is 1. The molecule has 0 radical (unpaired) electrons. The first-order chi connectivity index (χ1) is 19.8. The number of thioether (sulfide) groups is 1. The van der Waals surface area contributed by atoms with Gasteiger partial charge in [-0.15, -0.1) is 10.2 Å². The second kappa shape index (κ2) is 12.5. The third-order valence-electron chi connectivity index (χ3n) is 5.95. The number of benzene rings is 3. The Morgan fingerprint density at radius 2 is 1.63 bits per heavy atom. The van der Waals surface area contributed by atoms with Crippen molar-refractivity contribution in [3.05, 3.63) is 112 Å². The van der Waals surface area contributed by atoms with Gasteiger partial charge in [-0.2, -0.15) is 0 Å². The number of anilines is 2. The average molecular weight is 607 g/mol. The van der Waals surface area contributed by atoms with Gasteiger partial charge in [0.05, 0.1) is 21.6 Å². The summed E-state index contributed by atoms with van der Waals surface area (Å²) in [4.78, 5) is 30.7. The van der Waals surface area contributed by atoms with Crippen LogP contribution >= 0.6 is 23.4 Å². The number of hydrogen-bond donors (Lipinski definition) is 2. The van der Waals surface area contributed by atoms with Gasteiger partial charge in [-0.3, -0.25) is 18.9 Å². The molecule has 0 unspecified atom stereocenters. The summed E-state index contributed by atoms with van der Waals surface area (Å²) < 4.78 is 29.2. The molecule has 41 heavy (non-hydrogen) atoms. The minimum atomic E-state index is -3.92. The molecule has 5 aromatic rings. The van der Waals surface area contributed by atoms with E-state index in [9.17, 15) is 18.0 Å². The van der Waals surface area contributed by atoms with Gasteiger partial charge in [-0.25, -0.2) is 13.4 Å². The second-order valence-electron chi connectivity index (χ2n) is 8.81. The Morgan fingerprint density at radius 3 is 2.37 bits per heavy atom. The molecule has 2 heterocycles. The molecule has 13 heteroatoms. The van der Waals surface area contributed by atoms with Crippen LogP contribution in [-0.4, -0.2) is 39.8 Å². The van der Waals surface area contributed by atoms with Gasteiger partial charge in [0.1, 0.15) is 0 Å². The lowest BCUT2D eigenvalue weighted by molar-refractivity contribution is -0.113. The first kappa shape index (κ1) is 28.3. The molecule has 0 fully saturated rings. The third kappa shape index (κ3) is 7.09. The van der Waals surface area contributed by atoms with E-state index in [0.717, 1.165) is 17.3 Å². The summed E-state index contributed by atoms with van der Waals surface area (Å²) >= 11 is 6.85. The van der Waals surface area contributed by atoms with Crippen LogP contribution in [-0.2, 0) is 27.8 Å². The number of aromatic nitrogens is 4. The minimum Gasteiger partial charge on any atom is -0.325 e. The summed E-state index contributed by atoms with van der Waals surface area (Å²) in [6.07, 6.45) is 0.634. The van der Waals surface area contributed by atoms with Crippen LogP contribution in [0.5, 0.6) is 0 Å².